The average Bonchev–Trinajstić information content (AvgIpc) is 2.92. The second kappa shape index (κ2) is 7.17. The molecule has 0 aliphatic carbocycles. The van der Waals surface area contributed by atoms with Crippen molar-refractivity contribution in [2.75, 3.05) is 0 Å². The Morgan fingerprint density at radius 3 is 2.80 bits per heavy atom. The van der Waals surface area contributed by atoms with Crippen LogP contribution < -0.4 is 0 Å². The van der Waals surface area contributed by atoms with Crippen molar-refractivity contribution in [2.24, 2.45) is 10.9 Å². The third kappa shape index (κ3) is 3.24. The van der Waals surface area contributed by atoms with Gasteiger partial charge in [0, 0.05) is 0 Å². The molecule has 108 valence electrons. The fourth-order valence-corrected chi connectivity index (χ4v) is 2.64. The van der Waals surface area contributed by atoms with Crippen LogP contribution in [0.25, 0.3) is 11.0 Å². The first-order valence-corrected chi connectivity index (χ1v) is 7.55. The maximum atomic E-state index is 4.29. The molecule has 1 aromatic carbocycles. The van der Waals surface area contributed by atoms with Gasteiger partial charge >= 0.3 is 0 Å². The fraction of sp³-hybridized carbons (Fsp3) is 0.562. The molecule has 2 rings (SSSR count). The quantitative estimate of drug-likeness (QED) is 0.675. The predicted molar refractivity (Wildman–Crippen MR) is 84.0 cm³/mol. The maximum absolute atomic E-state index is 4.29. The van der Waals surface area contributed by atoms with E-state index in [-0.39, 0.29) is 6.17 Å². The van der Waals surface area contributed by atoms with Gasteiger partial charge in [0.05, 0.1) is 5.52 Å². The Balaban J connectivity index is 2.17. The summed E-state index contributed by atoms with van der Waals surface area (Å²) in [6.07, 6.45) is 5.94. The van der Waals surface area contributed by atoms with E-state index in [1.54, 1.807) is 0 Å². The molecule has 0 saturated heterocycles. The van der Waals surface area contributed by atoms with Crippen molar-refractivity contribution in [1.29, 1.82) is 0 Å². The van der Waals surface area contributed by atoms with E-state index in [4.69, 9.17) is 0 Å². The largest absolute Gasteiger partial charge is 0.274 e. The number of hydrogen-bond acceptors (Lipinski definition) is 3. The summed E-state index contributed by atoms with van der Waals surface area (Å²) < 4.78 is 1.91. The summed E-state index contributed by atoms with van der Waals surface area (Å²) in [6.45, 7) is 8.24. The highest BCUT2D eigenvalue weighted by atomic mass is 15.5. The fourth-order valence-electron chi connectivity index (χ4n) is 2.64. The van der Waals surface area contributed by atoms with Gasteiger partial charge in [-0.2, -0.15) is 0 Å². The molecule has 0 N–H and O–H groups in total. The van der Waals surface area contributed by atoms with Crippen molar-refractivity contribution >= 4 is 17.8 Å². The van der Waals surface area contributed by atoms with Gasteiger partial charge < -0.3 is 0 Å². The van der Waals surface area contributed by atoms with Crippen molar-refractivity contribution in [3.05, 3.63) is 24.3 Å². The van der Waals surface area contributed by atoms with Crippen LogP contribution in [0.4, 0.5) is 0 Å². The van der Waals surface area contributed by atoms with E-state index in [2.05, 4.69) is 35.9 Å². The third-order valence-corrected chi connectivity index (χ3v) is 3.96. The van der Waals surface area contributed by atoms with E-state index in [0.29, 0.717) is 5.92 Å². The molecule has 0 amide bonds. The van der Waals surface area contributed by atoms with Crippen molar-refractivity contribution < 1.29 is 0 Å². The molecule has 0 saturated carbocycles. The number of unbranched alkanes of at least 4 members (excludes halogenated alkanes) is 1. The zero-order chi connectivity index (χ0) is 14.4. The number of nitrogens with zero attached hydrogens (tertiary/aromatic N) is 4. The average molecular weight is 272 g/mol. The van der Waals surface area contributed by atoms with Gasteiger partial charge in [-0.05, 0) is 31.2 Å². The van der Waals surface area contributed by atoms with Crippen LogP contribution in [0.3, 0.4) is 0 Å². The lowest BCUT2D eigenvalue weighted by molar-refractivity contribution is 0.327. The maximum Gasteiger partial charge on any atom is 0.143 e. The molecule has 2 unspecified atom stereocenters. The van der Waals surface area contributed by atoms with Crippen LogP contribution in [0.15, 0.2) is 29.3 Å². The van der Waals surface area contributed by atoms with Crippen molar-refractivity contribution in [1.82, 2.24) is 15.0 Å². The summed E-state index contributed by atoms with van der Waals surface area (Å²) in [5, 5.41) is 8.48. The number of benzene rings is 1. The molecule has 2 aromatic rings. The summed E-state index contributed by atoms with van der Waals surface area (Å²) in [7, 11) is 0. The number of fused-ring (bicyclic) bond motifs is 1. The zero-order valence-corrected chi connectivity index (χ0v) is 12.5. The van der Waals surface area contributed by atoms with Crippen LogP contribution in [0, 0.1) is 5.92 Å². The lowest BCUT2D eigenvalue weighted by Gasteiger charge is -2.20. The molecule has 1 heterocycles. The molecule has 0 aliphatic heterocycles. The standard InChI is InChI=1S/C16H24N4/c1-4-6-9-13(5-2)12-16(17-3)20-15-11-8-7-10-14(15)18-19-20/h7-8,10-11,13,16H,3-6,9,12H2,1-2H3. The number of aliphatic imine (C=N–C) groups is 1. The van der Waals surface area contributed by atoms with Gasteiger partial charge in [-0.3, -0.25) is 4.99 Å². The molecule has 0 fully saturated rings. The van der Waals surface area contributed by atoms with Crippen LogP contribution >= 0.6 is 0 Å². The molecule has 1 aromatic heterocycles. The SMILES string of the molecule is C=NC(CC(CC)CCCC)n1nnc2ccccc21. The van der Waals surface area contributed by atoms with E-state index in [0.717, 1.165) is 17.5 Å². The molecule has 0 aliphatic rings. The van der Waals surface area contributed by atoms with E-state index >= 15 is 0 Å². The Labute approximate surface area is 120 Å². The monoisotopic (exact) mass is 272 g/mol. The highest BCUT2D eigenvalue weighted by Gasteiger charge is 2.18. The number of rotatable bonds is 8. The van der Waals surface area contributed by atoms with Crippen LogP contribution in [-0.2, 0) is 0 Å². The Kier molecular flexibility index (Phi) is 5.27. The number of hydrogen-bond donors (Lipinski definition) is 0. The van der Waals surface area contributed by atoms with Crippen molar-refractivity contribution in [3.63, 3.8) is 0 Å². The lowest BCUT2D eigenvalue weighted by Crippen LogP contribution is -2.13. The summed E-state index contributed by atoms with van der Waals surface area (Å²) in [4.78, 5) is 4.29. The number of aromatic nitrogens is 3. The molecule has 4 heteroatoms. The molecule has 0 bridgehead atoms. The molecule has 2 atom stereocenters. The van der Waals surface area contributed by atoms with Crippen LogP contribution in [0.1, 0.15) is 52.1 Å². The van der Waals surface area contributed by atoms with Gasteiger partial charge in [-0.25, -0.2) is 4.68 Å². The Morgan fingerprint density at radius 1 is 1.30 bits per heavy atom. The topological polar surface area (TPSA) is 43.1 Å². The van der Waals surface area contributed by atoms with Crippen LogP contribution in [-0.4, -0.2) is 21.7 Å². The van der Waals surface area contributed by atoms with Gasteiger partial charge in [0.2, 0.25) is 0 Å². The van der Waals surface area contributed by atoms with Crippen molar-refractivity contribution in [2.45, 2.75) is 52.1 Å². The summed E-state index contributed by atoms with van der Waals surface area (Å²) in [5.74, 6) is 0.674. The van der Waals surface area contributed by atoms with Gasteiger partial charge in [-0.1, -0.05) is 56.9 Å². The van der Waals surface area contributed by atoms with E-state index in [9.17, 15) is 0 Å². The summed E-state index contributed by atoms with van der Waals surface area (Å²) in [6, 6.07) is 8.01. The molecular formula is C16H24N4. The summed E-state index contributed by atoms with van der Waals surface area (Å²) in [5.41, 5.74) is 1.96. The Morgan fingerprint density at radius 2 is 2.10 bits per heavy atom. The van der Waals surface area contributed by atoms with Crippen LogP contribution in [0.5, 0.6) is 0 Å². The van der Waals surface area contributed by atoms with Gasteiger partial charge in [0.1, 0.15) is 11.7 Å². The normalized spacial score (nSPS) is 14.3. The third-order valence-electron chi connectivity index (χ3n) is 3.96. The minimum atomic E-state index is -0.00999. The minimum Gasteiger partial charge on any atom is -0.274 e. The Hall–Kier alpha value is -1.71. The highest BCUT2D eigenvalue weighted by molar-refractivity contribution is 5.73. The smallest absolute Gasteiger partial charge is 0.143 e. The Bertz CT molecular complexity index is 546. The van der Waals surface area contributed by atoms with Crippen LogP contribution in [0.2, 0.25) is 0 Å². The van der Waals surface area contributed by atoms with Gasteiger partial charge in [0.15, 0.2) is 0 Å². The second-order valence-electron chi connectivity index (χ2n) is 5.34. The van der Waals surface area contributed by atoms with E-state index in [1.165, 1.54) is 25.7 Å². The minimum absolute atomic E-state index is 0.00999. The predicted octanol–water partition coefficient (Wildman–Crippen LogP) is 4.24. The van der Waals surface area contributed by atoms with Crippen molar-refractivity contribution in [3.8, 4) is 0 Å². The summed E-state index contributed by atoms with van der Waals surface area (Å²) >= 11 is 0. The first kappa shape index (κ1) is 14.7. The number of para-hydroxylation sites is 1. The van der Waals surface area contributed by atoms with E-state index in [1.807, 2.05) is 28.9 Å². The molecule has 20 heavy (non-hydrogen) atoms. The molecule has 4 nitrogen and oxygen atoms in total. The zero-order valence-electron chi connectivity index (χ0n) is 12.5. The second-order valence-corrected chi connectivity index (χ2v) is 5.34. The first-order chi connectivity index (χ1) is 9.80. The van der Waals surface area contributed by atoms with Gasteiger partial charge in [-0.15, -0.1) is 5.10 Å². The van der Waals surface area contributed by atoms with Gasteiger partial charge in [0.25, 0.3) is 0 Å². The lowest BCUT2D eigenvalue weighted by atomic mass is 9.94. The molecule has 0 radical (unpaired) electrons. The molecule has 0 spiro atoms. The molecular weight excluding hydrogens is 248 g/mol. The van der Waals surface area contributed by atoms with E-state index < -0.39 is 0 Å². The first-order valence-electron chi connectivity index (χ1n) is 7.55. The highest BCUT2D eigenvalue weighted by Crippen LogP contribution is 2.27.